The van der Waals surface area contributed by atoms with Crippen molar-refractivity contribution in [3.63, 3.8) is 0 Å². The number of nitrogens with zero attached hydrogens (tertiary/aromatic N) is 5. The number of rotatable bonds is 5. The quantitative estimate of drug-likeness (QED) is 0.475. The third-order valence-corrected chi connectivity index (χ3v) is 2.11. The van der Waals surface area contributed by atoms with Gasteiger partial charge < -0.3 is 14.9 Å². The number of nitrogen functional groups attached to an aromatic ring is 1. The Morgan fingerprint density at radius 1 is 1.17 bits per heavy atom. The van der Waals surface area contributed by atoms with Crippen molar-refractivity contribution < 1.29 is 5.11 Å². The zero-order valence-corrected chi connectivity index (χ0v) is 11.5. The van der Waals surface area contributed by atoms with Crippen molar-refractivity contribution in [1.29, 1.82) is 0 Å². The summed E-state index contributed by atoms with van der Waals surface area (Å²) in [5, 5.41) is 9.79. The van der Waals surface area contributed by atoms with Crippen LogP contribution in [0.1, 0.15) is 13.8 Å². The molecule has 8 heteroatoms. The number of aliphatic hydroxyl groups is 1. The first-order chi connectivity index (χ1) is 8.23. The Kier molecular flexibility index (Phi) is 4.25. The molecule has 102 valence electrons. The smallest absolute Gasteiger partial charge is 0.243 e. The second-order valence-corrected chi connectivity index (χ2v) is 4.97. The number of hydrogen-bond acceptors (Lipinski definition) is 8. The summed E-state index contributed by atoms with van der Waals surface area (Å²) in [6.07, 6.45) is 0. The number of aromatic nitrogens is 3. The highest BCUT2D eigenvalue weighted by atomic mass is 16.3. The summed E-state index contributed by atoms with van der Waals surface area (Å²) in [5.74, 6) is 6.55. The highest BCUT2D eigenvalue weighted by Crippen LogP contribution is 2.15. The van der Waals surface area contributed by atoms with E-state index in [1.54, 1.807) is 30.7 Å². The molecule has 18 heavy (non-hydrogen) atoms. The molecule has 0 fully saturated rings. The van der Waals surface area contributed by atoms with Crippen molar-refractivity contribution in [3.8, 4) is 0 Å². The van der Waals surface area contributed by atoms with E-state index in [0.29, 0.717) is 18.4 Å². The molecule has 0 aliphatic rings. The maximum atomic E-state index is 9.79. The Hall–Kier alpha value is -1.67. The highest BCUT2D eigenvalue weighted by molar-refractivity contribution is 5.43. The molecule has 0 unspecified atom stereocenters. The van der Waals surface area contributed by atoms with Gasteiger partial charge in [-0.2, -0.15) is 15.0 Å². The fraction of sp³-hybridized carbons (Fsp3) is 0.700. The lowest BCUT2D eigenvalue weighted by molar-refractivity contribution is 0.0883. The molecular formula is C10H21N7O. The largest absolute Gasteiger partial charge is 0.389 e. The number of likely N-dealkylation sites (N-methyl/N-ethyl adjacent to an activating group) is 1. The Labute approximate surface area is 107 Å². The molecule has 1 aromatic rings. The average Bonchev–Trinajstić information content (AvgIpc) is 2.26. The maximum absolute atomic E-state index is 9.79. The molecule has 0 spiro atoms. The van der Waals surface area contributed by atoms with Gasteiger partial charge in [0.15, 0.2) is 0 Å². The average molecular weight is 255 g/mol. The molecule has 4 N–H and O–H groups in total. The number of hydrazine groups is 1. The van der Waals surface area contributed by atoms with Crippen LogP contribution in [0, 0.1) is 0 Å². The van der Waals surface area contributed by atoms with Crippen LogP contribution >= 0.6 is 0 Å². The van der Waals surface area contributed by atoms with Crippen LogP contribution in [0.15, 0.2) is 0 Å². The molecule has 1 aromatic heterocycles. The molecule has 1 rings (SSSR count). The molecule has 0 aromatic carbocycles. The number of hydrogen-bond donors (Lipinski definition) is 3. The van der Waals surface area contributed by atoms with Crippen molar-refractivity contribution in [1.82, 2.24) is 15.0 Å². The Morgan fingerprint density at radius 2 is 1.72 bits per heavy atom. The SMILES string of the molecule is CN(C)c1nc(NN)nc(N(C)CC(C)(C)O)n1. The zero-order valence-electron chi connectivity index (χ0n) is 11.5. The first kappa shape index (κ1) is 14.4. The van der Waals surface area contributed by atoms with Crippen LogP contribution in [0.4, 0.5) is 17.8 Å². The standard InChI is InChI=1S/C10H21N7O/c1-10(2,18)6-17(5)9-13-7(15-11)12-8(14-9)16(3)4/h18H,6,11H2,1-5H3,(H,12,13,14,15). The molecule has 0 bridgehead atoms. The monoisotopic (exact) mass is 255 g/mol. The summed E-state index contributed by atoms with van der Waals surface area (Å²) in [5.41, 5.74) is 1.56. The van der Waals surface area contributed by atoms with Crippen molar-refractivity contribution in [2.24, 2.45) is 5.84 Å². The lowest BCUT2D eigenvalue weighted by atomic mass is 10.1. The lowest BCUT2D eigenvalue weighted by Crippen LogP contribution is -2.37. The van der Waals surface area contributed by atoms with Gasteiger partial charge in [-0.25, -0.2) is 5.84 Å². The summed E-state index contributed by atoms with van der Waals surface area (Å²) in [7, 11) is 5.46. The second-order valence-electron chi connectivity index (χ2n) is 4.97. The molecule has 0 radical (unpaired) electrons. The predicted octanol–water partition coefficient (Wildman–Crippen LogP) is -0.570. The summed E-state index contributed by atoms with van der Waals surface area (Å²) < 4.78 is 0. The van der Waals surface area contributed by atoms with Gasteiger partial charge in [0.25, 0.3) is 0 Å². The summed E-state index contributed by atoms with van der Waals surface area (Å²) in [6.45, 7) is 3.84. The van der Waals surface area contributed by atoms with Gasteiger partial charge in [-0.05, 0) is 13.8 Å². The minimum Gasteiger partial charge on any atom is -0.389 e. The van der Waals surface area contributed by atoms with Gasteiger partial charge in [0, 0.05) is 27.7 Å². The van der Waals surface area contributed by atoms with E-state index in [1.807, 2.05) is 14.1 Å². The van der Waals surface area contributed by atoms with Crippen LogP contribution in [0.2, 0.25) is 0 Å². The maximum Gasteiger partial charge on any atom is 0.243 e. The van der Waals surface area contributed by atoms with Crippen LogP contribution in [-0.2, 0) is 0 Å². The summed E-state index contributed by atoms with van der Waals surface area (Å²) in [4.78, 5) is 16.0. The van der Waals surface area contributed by atoms with Gasteiger partial charge >= 0.3 is 0 Å². The highest BCUT2D eigenvalue weighted by Gasteiger charge is 2.19. The molecule has 0 atom stereocenters. The molecular weight excluding hydrogens is 234 g/mol. The van der Waals surface area contributed by atoms with E-state index in [9.17, 15) is 5.11 Å². The second kappa shape index (κ2) is 5.32. The molecule has 0 amide bonds. The third kappa shape index (κ3) is 3.97. The van der Waals surface area contributed by atoms with Crippen molar-refractivity contribution in [3.05, 3.63) is 0 Å². The molecule has 8 nitrogen and oxygen atoms in total. The van der Waals surface area contributed by atoms with Crippen molar-refractivity contribution in [2.45, 2.75) is 19.4 Å². The van der Waals surface area contributed by atoms with E-state index >= 15 is 0 Å². The topological polar surface area (TPSA) is 103 Å². The Morgan fingerprint density at radius 3 is 2.17 bits per heavy atom. The normalized spacial score (nSPS) is 11.3. The number of nitrogens with one attached hydrogen (secondary N) is 1. The zero-order chi connectivity index (χ0) is 13.9. The molecule has 0 saturated carbocycles. The van der Waals surface area contributed by atoms with Crippen LogP contribution < -0.4 is 21.1 Å². The van der Waals surface area contributed by atoms with Gasteiger partial charge in [0.1, 0.15) is 0 Å². The van der Waals surface area contributed by atoms with Crippen molar-refractivity contribution >= 4 is 17.8 Å². The summed E-state index contributed by atoms with van der Waals surface area (Å²) in [6, 6.07) is 0. The fourth-order valence-electron chi connectivity index (χ4n) is 1.44. The number of nitrogens with two attached hydrogens (primary N) is 1. The van der Waals surface area contributed by atoms with Gasteiger partial charge in [-0.15, -0.1) is 0 Å². The fourth-order valence-corrected chi connectivity index (χ4v) is 1.44. The predicted molar refractivity (Wildman–Crippen MR) is 71.5 cm³/mol. The van der Waals surface area contributed by atoms with Gasteiger partial charge in [-0.3, -0.25) is 5.43 Å². The molecule has 1 heterocycles. The first-order valence-corrected chi connectivity index (χ1v) is 5.56. The lowest BCUT2D eigenvalue weighted by Gasteiger charge is -2.26. The van der Waals surface area contributed by atoms with Crippen LogP contribution in [0.25, 0.3) is 0 Å². The summed E-state index contributed by atoms with van der Waals surface area (Å²) >= 11 is 0. The molecule has 0 aliphatic carbocycles. The van der Waals surface area contributed by atoms with E-state index in [4.69, 9.17) is 5.84 Å². The third-order valence-electron chi connectivity index (χ3n) is 2.11. The van der Waals surface area contributed by atoms with E-state index < -0.39 is 5.60 Å². The van der Waals surface area contributed by atoms with Crippen LogP contribution in [0.5, 0.6) is 0 Å². The minimum atomic E-state index is -0.837. The van der Waals surface area contributed by atoms with E-state index in [-0.39, 0.29) is 5.95 Å². The van der Waals surface area contributed by atoms with E-state index in [2.05, 4.69) is 20.4 Å². The Bertz CT molecular complexity index is 402. The number of anilines is 3. The van der Waals surface area contributed by atoms with Crippen molar-refractivity contribution in [2.75, 3.05) is 42.9 Å². The van der Waals surface area contributed by atoms with Crippen LogP contribution in [0.3, 0.4) is 0 Å². The molecule has 0 saturated heterocycles. The van der Waals surface area contributed by atoms with Gasteiger partial charge in [0.05, 0.1) is 5.60 Å². The Balaban J connectivity index is 3.04. The van der Waals surface area contributed by atoms with E-state index in [0.717, 1.165) is 0 Å². The van der Waals surface area contributed by atoms with Gasteiger partial charge in [-0.1, -0.05) is 0 Å². The van der Waals surface area contributed by atoms with Crippen LogP contribution in [-0.4, -0.2) is 53.3 Å². The molecule has 0 aliphatic heterocycles. The first-order valence-electron chi connectivity index (χ1n) is 5.56. The van der Waals surface area contributed by atoms with Gasteiger partial charge in [0.2, 0.25) is 17.8 Å². The van der Waals surface area contributed by atoms with E-state index in [1.165, 1.54) is 0 Å². The minimum absolute atomic E-state index is 0.284.